The van der Waals surface area contributed by atoms with E-state index in [0.717, 1.165) is 10.9 Å². The van der Waals surface area contributed by atoms with Gasteiger partial charge in [-0.3, -0.25) is 9.78 Å². The smallest absolute Gasteiger partial charge is 0.241 e. The second kappa shape index (κ2) is 5.36. The van der Waals surface area contributed by atoms with Crippen molar-refractivity contribution in [1.29, 1.82) is 5.26 Å². The van der Waals surface area contributed by atoms with Crippen LogP contribution in [0, 0.1) is 11.3 Å². The second-order valence-corrected chi connectivity index (χ2v) is 4.16. The number of hydrogen-bond donors (Lipinski definition) is 2. The highest BCUT2D eigenvalue weighted by Crippen LogP contribution is 2.25. The van der Waals surface area contributed by atoms with Gasteiger partial charge >= 0.3 is 0 Å². The number of aromatic nitrogens is 1. The number of benzene rings is 1. The summed E-state index contributed by atoms with van der Waals surface area (Å²) in [5.74, 6) is -0.134. The SMILES string of the molecule is CNC(=O)C(C)Nc1c(C#N)cnc2ccccc12. The molecule has 5 nitrogen and oxygen atoms in total. The lowest BCUT2D eigenvalue weighted by Gasteiger charge is -2.16. The fourth-order valence-electron chi connectivity index (χ4n) is 1.88. The lowest BCUT2D eigenvalue weighted by Crippen LogP contribution is -2.35. The van der Waals surface area contributed by atoms with Gasteiger partial charge in [-0.2, -0.15) is 5.26 Å². The summed E-state index contributed by atoms with van der Waals surface area (Å²) in [7, 11) is 1.58. The molecule has 1 unspecified atom stereocenters. The van der Waals surface area contributed by atoms with Crippen LogP contribution in [0.2, 0.25) is 0 Å². The number of rotatable bonds is 3. The van der Waals surface area contributed by atoms with Crippen LogP contribution >= 0.6 is 0 Å². The quantitative estimate of drug-likeness (QED) is 0.873. The Morgan fingerprint density at radius 2 is 2.16 bits per heavy atom. The van der Waals surface area contributed by atoms with Crippen LogP contribution in [-0.2, 0) is 4.79 Å². The lowest BCUT2D eigenvalue weighted by atomic mass is 10.1. The van der Waals surface area contributed by atoms with E-state index >= 15 is 0 Å². The number of nitrogens with zero attached hydrogens (tertiary/aromatic N) is 2. The van der Waals surface area contributed by atoms with Crippen molar-refractivity contribution in [3.05, 3.63) is 36.0 Å². The van der Waals surface area contributed by atoms with Crippen LogP contribution < -0.4 is 10.6 Å². The number of nitrogens with one attached hydrogen (secondary N) is 2. The average molecular weight is 254 g/mol. The van der Waals surface area contributed by atoms with Crippen molar-refractivity contribution in [1.82, 2.24) is 10.3 Å². The van der Waals surface area contributed by atoms with Gasteiger partial charge in [0.15, 0.2) is 0 Å². The molecule has 2 rings (SSSR count). The van der Waals surface area contributed by atoms with Crippen LogP contribution in [-0.4, -0.2) is 24.0 Å². The Morgan fingerprint density at radius 1 is 1.42 bits per heavy atom. The van der Waals surface area contributed by atoms with E-state index in [-0.39, 0.29) is 5.91 Å². The van der Waals surface area contributed by atoms with Gasteiger partial charge in [-0.25, -0.2) is 0 Å². The van der Waals surface area contributed by atoms with Crippen LogP contribution in [0.5, 0.6) is 0 Å². The summed E-state index contributed by atoms with van der Waals surface area (Å²) < 4.78 is 0. The Labute approximate surface area is 111 Å². The number of carbonyl (C=O) groups excluding carboxylic acids is 1. The monoisotopic (exact) mass is 254 g/mol. The largest absolute Gasteiger partial charge is 0.372 e. The maximum atomic E-state index is 11.6. The molecule has 0 fully saturated rings. The number of anilines is 1. The molecular weight excluding hydrogens is 240 g/mol. The van der Waals surface area contributed by atoms with Crippen molar-refractivity contribution in [2.75, 3.05) is 12.4 Å². The minimum absolute atomic E-state index is 0.134. The molecule has 2 aromatic rings. The van der Waals surface area contributed by atoms with Crippen LogP contribution in [0.4, 0.5) is 5.69 Å². The fourth-order valence-corrected chi connectivity index (χ4v) is 1.88. The van der Waals surface area contributed by atoms with E-state index in [1.54, 1.807) is 14.0 Å². The Bertz CT molecular complexity index is 660. The molecule has 1 aromatic heterocycles. The van der Waals surface area contributed by atoms with E-state index in [2.05, 4.69) is 21.7 Å². The second-order valence-electron chi connectivity index (χ2n) is 4.16. The molecule has 1 atom stereocenters. The average Bonchev–Trinajstić information content (AvgIpc) is 2.46. The van der Waals surface area contributed by atoms with Crippen LogP contribution in [0.3, 0.4) is 0 Å². The molecule has 1 aromatic carbocycles. The molecule has 2 N–H and O–H groups in total. The number of likely N-dealkylation sites (N-methyl/N-ethyl adjacent to an activating group) is 1. The van der Waals surface area contributed by atoms with Crippen molar-refractivity contribution in [3.63, 3.8) is 0 Å². The number of pyridine rings is 1. The zero-order chi connectivity index (χ0) is 13.8. The molecule has 1 amide bonds. The summed E-state index contributed by atoms with van der Waals surface area (Å²) in [6, 6.07) is 9.17. The Balaban J connectivity index is 2.51. The molecule has 0 aliphatic rings. The number of hydrogen-bond acceptors (Lipinski definition) is 4. The molecule has 0 bridgehead atoms. The van der Waals surface area contributed by atoms with E-state index < -0.39 is 6.04 Å². The maximum Gasteiger partial charge on any atom is 0.241 e. The van der Waals surface area contributed by atoms with E-state index in [9.17, 15) is 4.79 Å². The van der Waals surface area contributed by atoms with Gasteiger partial charge in [-0.1, -0.05) is 18.2 Å². The number of fused-ring (bicyclic) bond motifs is 1. The zero-order valence-electron chi connectivity index (χ0n) is 10.8. The van der Waals surface area contributed by atoms with Crippen molar-refractivity contribution in [3.8, 4) is 6.07 Å². The first kappa shape index (κ1) is 12.8. The molecule has 0 spiro atoms. The first-order valence-corrected chi connectivity index (χ1v) is 5.93. The summed E-state index contributed by atoms with van der Waals surface area (Å²) in [5.41, 5.74) is 1.85. The molecule has 0 saturated carbocycles. The third-order valence-corrected chi connectivity index (χ3v) is 2.90. The minimum atomic E-state index is -0.428. The highest BCUT2D eigenvalue weighted by atomic mass is 16.2. The maximum absolute atomic E-state index is 11.6. The topological polar surface area (TPSA) is 77.8 Å². The first-order valence-electron chi connectivity index (χ1n) is 5.93. The molecule has 0 aliphatic heterocycles. The van der Waals surface area contributed by atoms with E-state index in [4.69, 9.17) is 5.26 Å². The number of carbonyl (C=O) groups is 1. The van der Waals surface area contributed by atoms with Gasteiger partial charge in [0, 0.05) is 18.6 Å². The Morgan fingerprint density at radius 3 is 2.84 bits per heavy atom. The number of nitriles is 1. The predicted octanol–water partition coefficient (Wildman–Crippen LogP) is 1.65. The van der Waals surface area contributed by atoms with Gasteiger partial charge in [-0.15, -0.1) is 0 Å². The van der Waals surface area contributed by atoms with Crippen molar-refractivity contribution in [2.24, 2.45) is 0 Å². The van der Waals surface area contributed by atoms with E-state index in [1.165, 1.54) is 6.20 Å². The summed E-state index contributed by atoms with van der Waals surface area (Å²) in [6.07, 6.45) is 1.52. The van der Waals surface area contributed by atoms with Crippen LogP contribution in [0.1, 0.15) is 12.5 Å². The summed E-state index contributed by atoms with van der Waals surface area (Å²) >= 11 is 0. The Hall–Kier alpha value is -2.61. The number of para-hydroxylation sites is 1. The van der Waals surface area contributed by atoms with Gasteiger partial charge in [0.05, 0.1) is 16.8 Å². The molecule has 19 heavy (non-hydrogen) atoms. The summed E-state index contributed by atoms with van der Waals surface area (Å²) in [4.78, 5) is 15.8. The molecule has 0 radical (unpaired) electrons. The molecular formula is C14H14N4O. The predicted molar refractivity (Wildman–Crippen MR) is 73.6 cm³/mol. The van der Waals surface area contributed by atoms with Gasteiger partial charge in [0.2, 0.25) is 5.91 Å². The Kier molecular flexibility index (Phi) is 3.62. The third kappa shape index (κ3) is 2.47. The van der Waals surface area contributed by atoms with Gasteiger partial charge in [-0.05, 0) is 13.0 Å². The zero-order valence-corrected chi connectivity index (χ0v) is 10.8. The van der Waals surface area contributed by atoms with Crippen molar-refractivity contribution in [2.45, 2.75) is 13.0 Å². The molecule has 0 aliphatic carbocycles. The van der Waals surface area contributed by atoms with Crippen LogP contribution in [0.15, 0.2) is 30.5 Å². The van der Waals surface area contributed by atoms with Crippen molar-refractivity contribution >= 4 is 22.5 Å². The number of amides is 1. The van der Waals surface area contributed by atoms with Gasteiger partial charge in [0.1, 0.15) is 12.1 Å². The van der Waals surface area contributed by atoms with E-state index in [0.29, 0.717) is 11.3 Å². The summed E-state index contributed by atoms with van der Waals surface area (Å²) in [5, 5.41) is 15.6. The van der Waals surface area contributed by atoms with Gasteiger partial charge in [0.25, 0.3) is 0 Å². The highest BCUT2D eigenvalue weighted by Gasteiger charge is 2.15. The molecule has 96 valence electrons. The molecule has 5 heteroatoms. The molecule has 0 saturated heterocycles. The summed E-state index contributed by atoms with van der Waals surface area (Å²) in [6.45, 7) is 1.75. The first-order chi connectivity index (χ1) is 9.17. The van der Waals surface area contributed by atoms with Gasteiger partial charge < -0.3 is 10.6 Å². The minimum Gasteiger partial charge on any atom is -0.372 e. The van der Waals surface area contributed by atoms with Crippen LogP contribution in [0.25, 0.3) is 10.9 Å². The highest BCUT2D eigenvalue weighted by molar-refractivity contribution is 5.96. The fraction of sp³-hybridized carbons (Fsp3) is 0.214. The third-order valence-electron chi connectivity index (χ3n) is 2.90. The van der Waals surface area contributed by atoms with Crippen molar-refractivity contribution < 1.29 is 4.79 Å². The lowest BCUT2D eigenvalue weighted by molar-refractivity contribution is -0.121. The van der Waals surface area contributed by atoms with E-state index in [1.807, 2.05) is 24.3 Å². The molecule has 1 heterocycles. The standard InChI is InChI=1S/C14H14N4O/c1-9(14(19)16-2)18-13-10(7-15)8-17-12-6-4-3-5-11(12)13/h3-6,8-9H,1-2H3,(H,16,19)(H,17,18). The normalized spacial score (nSPS) is 11.6.